The number of fused-ring (bicyclic) bond motifs is 1. The first-order chi connectivity index (χ1) is 10.0. The predicted octanol–water partition coefficient (Wildman–Crippen LogP) is 3.94. The Labute approximate surface area is 131 Å². The molecule has 1 atom stereocenters. The third-order valence-electron chi connectivity index (χ3n) is 3.88. The van der Waals surface area contributed by atoms with Crippen molar-refractivity contribution in [2.45, 2.75) is 45.6 Å². The Balaban J connectivity index is 1.74. The fourth-order valence-corrected chi connectivity index (χ4v) is 4.69. The number of thiazole rings is 1. The number of aromatic nitrogens is 1. The lowest BCUT2D eigenvalue weighted by molar-refractivity contribution is -0.139. The molecule has 2 aromatic rings. The molecule has 1 aliphatic carbocycles. The van der Waals surface area contributed by atoms with Crippen molar-refractivity contribution in [1.29, 1.82) is 0 Å². The van der Waals surface area contributed by atoms with Gasteiger partial charge in [-0.2, -0.15) is 0 Å². The van der Waals surface area contributed by atoms with Crippen molar-refractivity contribution in [3.8, 4) is 0 Å². The standard InChI is InChI=1S/C15H18N2O2S2/c1-8-6-10(20-9(8)2)7-16-15-17-13-11(14(18)19)4-3-5-12(13)21-15/h6,11H,3-5,7H2,1-2H3,(H,16,17)(H,18,19). The molecule has 1 aliphatic rings. The van der Waals surface area contributed by atoms with Gasteiger partial charge in [0.05, 0.1) is 12.2 Å². The van der Waals surface area contributed by atoms with E-state index in [0.29, 0.717) is 6.42 Å². The highest BCUT2D eigenvalue weighted by Gasteiger charge is 2.29. The number of nitrogens with one attached hydrogen (secondary N) is 1. The van der Waals surface area contributed by atoms with Gasteiger partial charge in [-0.15, -0.1) is 22.7 Å². The van der Waals surface area contributed by atoms with Gasteiger partial charge >= 0.3 is 5.97 Å². The zero-order chi connectivity index (χ0) is 15.0. The molecule has 0 saturated heterocycles. The number of aliphatic carboxylic acids is 1. The van der Waals surface area contributed by atoms with Gasteiger partial charge in [0.15, 0.2) is 5.13 Å². The third kappa shape index (κ3) is 2.96. The topological polar surface area (TPSA) is 62.2 Å². The summed E-state index contributed by atoms with van der Waals surface area (Å²) in [4.78, 5) is 19.6. The number of aryl methyl sites for hydroxylation is 3. The molecule has 0 bridgehead atoms. The molecular weight excluding hydrogens is 304 g/mol. The zero-order valence-corrected chi connectivity index (χ0v) is 13.7. The second-order valence-corrected chi connectivity index (χ2v) is 7.84. The van der Waals surface area contributed by atoms with E-state index in [1.807, 2.05) is 0 Å². The van der Waals surface area contributed by atoms with Gasteiger partial charge in [-0.3, -0.25) is 4.79 Å². The molecule has 1 unspecified atom stereocenters. The second-order valence-electron chi connectivity index (χ2n) is 5.42. The molecule has 2 aromatic heterocycles. The number of carbonyl (C=O) groups is 1. The van der Waals surface area contributed by atoms with Gasteiger partial charge in [-0.1, -0.05) is 0 Å². The highest BCUT2D eigenvalue weighted by atomic mass is 32.1. The molecule has 0 spiro atoms. The van der Waals surface area contributed by atoms with Crippen LogP contribution in [0.15, 0.2) is 6.07 Å². The first-order valence-corrected chi connectivity index (χ1v) is 8.70. The van der Waals surface area contributed by atoms with Crippen LogP contribution in [0.2, 0.25) is 0 Å². The lowest BCUT2D eigenvalue weighted by Gasteiger charge is -2.16. The van der Waals surface area contributed by atoms with E-state index in [4.69, 9.17) is 0 Å². The van der Waals surface area contributed by atoms with Crippen LogP contribution >= 0.6 is 22.7 Å². The van der Waals surface area contributed by atoms with Crippen LogP contribution in [0.4, 0.5) is 5.13 Å². The van der Waals surface area contributed by atoms with E-state index in [0.717, 1.165) is 35.1 Å². The summed E-state index contributed by atoms with van der Waals surface area (Å²) in [6.07, 6.45) is 2.60. The van der Waals surface area contributed by atoms with Crippen LogP contribution in [0.25, 0.3) is 0 Å². The van der Waals surface area contributed by atoms with Gasteiger partial charge in [0, 0.05) is 14.6 Å². The fraction of sp³-hybridized carbons (Fsp3) is 0.467. The lowest BCUT2D eigenvalue weighted by atomic mass is 9.91. The summed E-state index contributed by atoms with van der Waals surface area (Å²) < 4.78 is 0. The summed E-state index contributed by atoms with van der Waals surface area (Å²) in [5.74, 6) is -1.18. The Hall–Kier alpha value is -1.40. The van der Waals surface area contributed by atoms with Crippen LogP contribution < -0.4 is 5.32 Å². The van der Waals surface area contributed by atoms with Crippen molar-refractivity contribution in [3.63, 3.8) is 0 Å². The van der Waals surface area contributed by atoms with Crippen LogP contribution in [0.3, 0.4) is 0 Å². The van der Waals surface area contributed by atoms with Crippen molar-refractivity contribution >= 4 is 33.8 Å². The van der Waals surface area contributed by atoms with E-state index in [-0.39, 0.29) is 0 Å². The normalized spacial score (nSPS) is 17.5. The summed E-state index contributed by atoms with van der Waals surface area (Å²) in [7, 11) is 0. The number of thiophene rings is 1. The van der Waals surface area contributed by atoms with E-state index in [9.17, 15) is 9.90 Å². The van der Waals surface area contributed by atoms with E-state index >= 15 is 0 Å². The smallest absolute Gasteiger partial charge is 0.312 e. The van der Waals surface area contributed by atoms with Gasteiger partial charge < -0.3 is 10.4 Å². The van der Waals surface area contributed by atoms with Gasteiger partial charge in [0.1, 0.15) is 5.92 Å². The molecule has 3 rings (SSSR count). The maximum Gasteiger partial charge on any atom is 0.312 e. The molecule has 0 radical (unpaired) electrons. The molecule has 112 valence electrons. The van der Waals surface area contributed by atoms with Crippen LogP contribution in [0, 0.1) is 13.8 Å². The largest absolute Gasteiger partial charge is 0.481 e. The Kier molecular flexibility index (Phi) is 3.99. The van der Waals surface area contributed by atoms with E-state index < -0.39 is 11.9 Å². The van der Waals surface area contributed by atoms with E-state index in [1.165, 1.54) is 15.3 Å². The summed E-state index contributed by atoms with van der Waals surface area (Å²) in [6.45, 7) is 5.00. The number of carboxylic acid groups (broad SMARTS) is 1. The molecule has 21 heavy (non-hydrogen) atoms. The second kappa shape index (κ2) is 5.77. The monoisotopic (exact) mass is 322 g/mol. The van der Waals surface area contributed by atoms with Crippen molar-refractivity contribution in [3.05, 3.63) is 32.0 Å². The molecule has 4 nitrogen and oxygen atoms in total. The van der Waals surface area contributed by atoms with Crippen molar-refractivity contribution in [1.82, 2.24) is 4.98 Å². The SMILES string of the molecule is Cc1cc(CNc2nc3c(s2)CCCC3C(=O)O)sc1C. The number of anilines is 1. The van der Waals surface area contributed by atoms with Gasteiger partial charge in [0.2, 0.25) is 0 Å². The summed E-state index contributed by atoms with van der Waals surface area (Å²) in [5, 5.41) is 13.5. The van der Waals surface area contributed by atoms with E-state index in [1.54, 1.807) is 22.7 Å². The van der Waals surface area contributed by atoms with Crippen molar-refractivity contribution < 1.29 is 9.90 Å². The molecule has 2 N–H and O–H groups in total. The molecule has 0 aromatic carbocycles. The number of carboxylic acids is 1. The minimum atomic E-state index is -0.752. The molecule has 0 saturated carbocycles. The Morgan fingerprint density at radius 2 is 2.29 bits per heavy atom. The highest BCUT2D eigenvalue weighted by Crippen LogP contribution is 2.37. The maximum absolute atomic E-state index is 11.3. The van der Waals surface area contributed by atoms with Crippen LogP contribution in [0.5, 0.6) is 0 Å². The molecule has 0 fully saturated rings. The Morgan fingerprint density at radius 3 is 2.95 bits per heavy atom. The molecule has 6 heteroatoms. The number of rotatable bonds is 4. The molecule has 0 amide bonds. The summed E-state index contributed by atoms with van der Waals surface area (Å²) in [5.41, 5.74) is 2.10. The minimum Gasteiger partial charge on any atom is -0.481 e. The quantitative estimate of drug-likeness (QED) is 0.895. The van der Waals surface area contributed by atoms with Crippen molar-refractivity contribution in [2.24, 2.45) is 0 Å². The van der Waals surface area contributed by atoms with Gasteiger partial charge in [-0.05, 0) is 44.7 Å². The third-order valence-corrected chi connectivity index (χ3v) is 6.12. The minimum absolute atomic E-state index is 0.424. The molecule has 2 heterocycles. The average molecular weight is 322 g/mol. The lowest BCUT2D eigenvalue weighted by Crippen LogP contribution is -2.17. The first kappa shape index (κ1) is 14.5. The predicted molar refractivity (Wildman–Crippen MR) is 86.5 cm³/mol. The zero-order valence-electron chi connectivity index (χ0n) is 12.1. The van der Waals surface area contributed by atoms with Crippen molar-refractivity contribution in [2.75, 3.05) is 5.32 Å². The van der Waals surface area contributed by atoms with Gasteiger partial charge in [0.25, 0.3) is 0 Å². The van der Waals surface area contributed by atoms with E-state index in [2.05, 4.69) is 30.2 Å². The molecule has 0 aliphatic heterocycles. The molecular formula is C15H18N2O2S2. The summed E-state index contributed by atoms with van der Waals surface area (Å²) >= 11 is 3.40. The van der Waals surface area contributed by atoms with Crippen LogP contribution in [-0.2, 0) is 17.8 Å². The number of nitrogens with zero attached hydrogens (tertiary/aromatic N) is 1. The first-order valence-electron chi connectivity index (χ1n) is 7.07. The average Bonchev–Trinajstić information content (AvgIpc) is 2.99. The number of hydrogen-bond acceptors (Lipinski definition) is 5. The van der Waals surface area contributed by atoms with Gasteiger partial charge in [-0.25, -0.2) is 4.98 Å². The Bertz CT molecular complexity index is 656. The highest BCUT2D eigenvalue weighted by molar-refractivity contribution is 7.15. The Morgan fingerprint density at radius 1 is 1.48 bits per heavy atom. The number of hydrogen-bond donors (Lipinski definition) is 2. The van der Waals surface area contributed by atoms with Crippen LogP contribution in [-0.4, -0.2) is 16.1 Å². The van der Waals surface area contributed by atoms with Crippen LogP contribution in [0.1, 0.15) is 44.6 Å². The fourth-order valence-electron chi connectivity index (χ4n) is 2.63. The summed E-state index contributed by atoms with van der Waals surface area (Å²) in [6, 6.07) is 2.20. The maximum atomic E-state index is 11.3.